The smallest absolute Gasteiger partial charge is 0.221 e. The summed E-state index contributed by atoms with van der Waals surface area (Å²) in [6.45, 7) is 5.92. The van der Waals surface area contributed by atoms with E-state index in [0.717, 1.165) is 49.1 Å². The number of nitrogens with one attached hydrogen (secondary N) is 2. The summed E-state index contributed by atoms with van der Waals surface area (Å²) >= 11 is 8.06. The Morgan fingerprint density at radius 2 is 2.38 bits per heavy atom. The molecule has 2 fully saturated rings. The lowest BCUT2D eigenvalue weighted by molar-refractivity contribution is -0.121. The first-order valence-electron chi connectivity index (χ1n) is 8.71. The fraction of sp³-hybridized carbons (Fsp3) is 0.611. The van der Waals surface area contributed by atoms with Crippen molar-refractivity contribution in [2.24, 2.45) is 5.92 Å². The van der Waals surface area contributed by atoms with Gasteiger partial charge in [0.15, 0.2) is 0 Å². The van der Waals surface area contributed by atoms with E-state index in [1.807, 2.05) is 23.9 Å². The van der Waals surface area contributed by atoms with E-state index in [-0.39, 0.29) is 5.91 Å². The Bertz CT molecular complexity index is 577. The van der Waals surface area contributed by atoms with E-state index >= 15 is 0 Å². The number of thioether (sulfide) groups is 1. The van der Waals surface area contributed by atoms with Crippen LogP contribution in [0.15, 0.2) is 18.2 Å². The van der Waals surface area contributed by atoms with Crippen LogP contribution >= 0.6 is 23.4 Å². The first-order valence-corrected chi connectivity index (χ1v) is 10.2. The lowest BCUT2D eigenvalue weighted by atomic mass is 10.1. The van der Waals surface area contributed by atoms with E-state index in [0.29, 0.717) is 18.4 Å². The molecule has 1 amide bonds. The Morgan fingerprint density at radius 1 is 1.50 bits per heavy atom. The van der Waals surface area contributed by atoms with Gasteiger partial charge in [-0.15, -0.1) is 0 Å². The standard InChI is InChI=1S/C18H26ClN3OS/c1-13-2-3-15(19)8-17(13)22-6-4-14(11-22)10-21-18(23)9-16-12-24-7-5-20-16/h2-3,8,14,16,20H,4-7,9-12H2,1H3,(H,21,23). The van der Waals surface area contributed by atoms with Gasteiger partial charge in [0, 0.05) is 60.9 Å². The number of halogens is 1. The quantitative estimate of drug-likeness (QED) is 0.839. The van der Waals surface area contributed by atoms with Gasteiger partial charge in [-0.05, 0) is 37.0 Å². The minimum atomic E-state index is 0.174. The van der Waals surface area contributed by atoms with E-state index in [9.17, 15) is 4.79 Å². The van der Waals surface area contributed by atoms with Crippen molar-refractivity contribution in [1.29, 1.82) is 0 Å². The molecule has 1 aromatic carbocycles. The zero-order chi connectivity index (χ0) is 16.9. The molecule has 2 atom stereocenters. The van der Waals surface area contributed by atoms with Gasteiger partial charge in [-0.3, -0.25) is 4.79 Å². The molecular formula is C18H26ClN3OS. The van der Waals surface area contributed by atoms with Crippen molar-refractivity contribution in [3.05, 3.63) is 28.8 Å². The topological polar surface area (TPSA) is 44.4 Å². The summed E-state index contributed by atoms with van der Waals surface area (Å²) < 4.78 is 0. The van der Waals surface area contributed by atoms with Gasteiger partial charge in [0.2, 0.25) is 5.91 Å². The van der Waals surface area contributed by atoms with Gasteiger partial charge in [0.05, 0.1) is 0 Å². The molecule has 2 saturated heterocycles. The molecule has 0 aliphatic carbocycles. The number of rotatable bonds is 5. The third-order valence-corrected chi connectivity index (χ3v) is 6.18. The highest BCUT2D eigenvalue weighted by molar-refractivity contribution is 7.99. The zero-order valence-electron chi connectivity index (χ0n) is 14.2. The van der Waals surface area contributed by atoms with Crippen molar-refractivity contribution in [2.45, 2.75) is 25.8 Å². The van der Waals surface area contributed by atoms with Crippen molar-refractivity contribution in [3.8, 4) is 0 Å². The first kappa shape index (κ1) is 17.9. The number of hydrogen-bond acceptors (Lipinski definition) is 4. The number of amides is 1. The van der Waals surface area contributed by atoms with Crippen molar-refractivity contribution in [2.75, 3.05) is 42.6 Å². The highest BCUT2D eigenvalue weighted by atomic mass is 35.5. The summed E-state index contributed by atoms with van der Waals surface area (Å²) in [5.41, 5.74) is 2.48. The van der Waals surface area contributed by atoms with Crippen LogP contribution in [0.2, 0.25) is 5.02 Å². The Balaban J connectivity index is 1.44. The number of hydrogen-bond donors (Lipinski definition) is 2. The summed E-state index contributed by atoms with van der Waals surface area (Å²) in [6.07, 6.45) is 1.71. The van der Waals surface area contributed by atoms with Gasteiger partial charge >= 0.3 is 0 Å². The average molecular weight is 368 g/mol. The number of anilines is 1. The van der Waals surface area contributed by atoms with Gasteiger partial charge < -0.3 is 15.5 Å². The zero-order valence-corrected chi connectivity index (χ0v) is 15.8. The molecule has 2 aliphatic heterocycles. The summed E-state index contributed by atoms with van der Waals surface area (Å²) in [6, 6.07) is 6.38. The second-order valence-corrected chi connectivity index (χ2v) is 8.35. The van der Waals surface area contributed by atoms with Crippen LogP contribution in [0.1, 0.15) is 18.4 Å². The second kappa shape index (κ2) is 8.45. The highest BCUT2D eigenvalue weighted by Gasteiger charge is 2.24. The van der Waals surface area contributed by atoms with Crippen LogP contribution in [0.3, 0.4) is 0 Å². The van der Waals surface area contributed by atoms with Gasteiger partial charge in [-0.25, -0.2) is 0 Å². The van der Waals surface area contributed by atoms with Crippen molar-refractivity contribution < 1.29 is 4.79 Å². The molecule has 0 aromatic heterocycles. The van der Waals surface area contributed by atoms with Crippen LogP contribution in [-0.2, 0) is 4.79 Å². The van der Waals surface area contributed by atoms with Crippen LogP contribution in [-0.4, -0.2) is 49.6 Å². The second-order valence-electron chi connectivity index (χ2n) is 6.77. The molecule has 0 bridgehead atoms. The maximum absolute atomic E-state index is 12.1. The van der Waals surface area contributed by atoms with Crippen LogP contribution < -0.4 is 15.5 Å². The Labute approximate surface area is 153 Å². The molecule has 0 spiro atoms. The maximum atomic E-state index is 12.1. The van der Waals surface area contributed by atoms with E-state index in [2.05, 4.69) is 28.5 Å². The summed E-state index contributed by atoms with van der Waals surface area (Å²) in [4.78, 5) is 14.5. The molecule has 4 nitrogen and oxygen atoms in total. The number of nitrogens with zero attached hydrogens (tertiary/aromatic N) is 1. The molecule has 2 N–H and O–H groups in total. The molecule has 6 heteroatoms. The monoisotopic (exact) mass is 367 g/mol. The van der Waals surface area contributed by atoms with Crippen molar-refractivity contribution in [1.82, 2.24) is 10.6 Å². The van der Waals surface area contributed by atoms with E-state index in [4.69, 9.17) is 11.6 Å². The van der Waals surface area contributed by atoms with Crippen molar-refractivity contribution in [3.63, 3.8) is 0 Å². The molecule has 0 saturated carbocycles. The van der Waals surface area contributed by atoms with Gasteiger partial charge in [-0.2, -0.15) is 11.8 Å². The third-order valence-electron chi connectivity index (χ3n) is 4.82. The van der Waals surface area contributed by atoms with E-state index in [1.54, 1.807) is 0 Å². The molecule has 0 radical (unpaired) electrons. The molecule has 2 heterocycles. The predicted molar refractivity (Wildman–Crippen MR) is 103 cm³/mol. The molecule has 2 aliphatic rings. The van der Waals surface area contributed by atoms with Crippen LogP contribution in [0.4, 0.5) is 5.69 Å². The predicted octanol–water partition coefficient (Wildman–Crippen LogP) is 2.69. The van der Waals surface area contributed by atoms with Crippen LogP contribution in [0.5, 0.6) is 0 Å². The molecular weight excluding hydrogens is 342 g/mol. The molecule has 24 heavy (non-hydrogen) atoms. The number of carbonyl (C=O) groups is 1. The highest BCUT2D eigenvalue weighted by Crippen LogP contribution is 2.29. The summed E-state index contributed by atoms with van der Waals surface area (Å²) in [5.74, 6) is 2.88. The lowest BCUT2D eigenvalue weighted by Gasteiger charge is -2.23. The van der Waals surface area contributed by atoms with Gasteiger partial charge in [0.25, 0.3) is 0 Å². The van der Waals surface area contributed by atoms with Crippen molar-refractivity contribution >= 4 is 35.0 Å². The lowest BCUT2D eigenvalue weighted by Crippen LogP contribution is -2.42. The summed E-state index contributed by atoms with van der Waals surface area (Å²) in [5, 5.41) is 7.33. The third kappa shape index (κ3) is 4.80. The number of carbonyl (C=O) groups excluding carboxylic acids is 1. The maximum Gasteiger partial charge on any atom is 0.221 e. The number of aryl methyl sites for hydroxylation is 1. The normalized spacial score (nSPS) is 24.2. The number of benzene rings is 1. The largest absolute Gasteiger partial charge is 0.371 e. The Hall–Kier alpha value is -0.910. The fourth-order valence-corrected chi connectivity index (χ4v) is 4.56. The van der Waals surface area contributed by atoms with E-state index in [1.165, 1.54) is 11.3 Å². The summed E-state index contributed by atoms with van der Waals surface area (Å²) in [7, 11) is 0. The van der Waals surface area contributed by atoms with Gasteiger partial charge in [-0.1, -0.05) is 17.7 Å². The SMILES string of the molecule is Cc1ccc(Cl)cc1N1CCC(CNC(=O)CC2CSCCN2)C1. The minimum Gasteiger partial charge on any atom is -0.371 e. The minimum absolute atomic E-state index is 0.174. The molecule has 2 unspecified atom stereocenters. The molecule has 132 valence electrons. The Kier molecular flexibility index (Phi) is 6.31. The van der Waals surface area contributed by atoms with Crippen LogP contribution in [0, 0.1) is 12.8 Å². The van der Waals surface area contributed by atoms with E-state index < -0.39 is 0 Å². The average Bonchev–Trinajstić information content (AvgIpc) is 3.05. The first-order chi connectivity index (χ1) is 11.6. The molecule has 1 aromatic rings. The Morgan fingerprint density at radius 3 is 3.17 bits per heavy atom. The molecule has 3 rings (SSSR count). The van der Waals surface area contributed by atoms with Gasteiger partial charge in [0.1, 0.15) is 0 Å². The van der Waals surface area contributed by atoms with Crippen LogP contribution in [0.25, 0.3) is 0 Å². The fourth-order valence-electron chi connectivity index (χ4n) is 3.45.